The van der Waals surface area contributed by atoms with Gasteiger partial charge in [0.15, 0.2) is 0 Å². The highest BCUT2D eigenvalue weighted by Crippen LogP contribution is 2.09. The number of rotatable bonds is 4. The van der Waals surface area contributed by atoms with Gasteiger partial charge in [0.1, 0.15) is 0 Å². The molecule has 0 aromatic carbocycles. The molecule has 0 heterocycles. The molecule has 13 heavy (non-hydrogen) atoms. The Balaban J connectivity index is 4.09. The second-order valence-electron chi connectivity index (χ2n) is 4.17. The van der Waals surface area contributed by atoms with Crippen molar-refractivity contribution in [2.75, 3.05) is 7.05 Å². The molecule has 0 fully saturated rings. The predicted molar refractivity (Wildman–Crippen MR) is 55.3 cm³/mol. The number of carbonyl (C=O) groups excluding carboxylic acids is 1. The summed E-state index contributed by atoms with van der Waals surface area (Å²) in [5.41, 5.74) is 5.56. The van der Waals surface area contributed by atoms with E-state index in [-0.39, 0.29) is 18.0 Å². The Hall–Kier alpha value is -0.570. The lowest BCUT2D eigenvalue weighted by Crippen LogP contribution is -2.40. The highest BCUT2D eigenvalue weighted by Gasteiger charge is 2.18. The lowest BCUT2D eigenvalue weighted by Gasteiger charge is -2.28. The van der Waals surface area contributed by atoms with E-state index < -0.39 is 0 Å². The zero-order valence-electron chi connectivity index (χ0n) is 9.37. The van der Waals surface area contributed by atoms with Crippen LogP contribution in [-0.4, -0.2) is 29.9 Å². The molecule has 0 aliphatic rings. The molecule has 0 saturated heterocycles. The Morgan fingerprint density at radius 2 is 1.77 bits per heavy atom. The zero-order chi connectivity index (χ0) is 10.6. The van der Waals surface area contributed by atoms with Gasteiger partial charge in [0, 0.05) is 25.6 Å². The standard InChI is InChI=1S/C10H22N2O/c1-7(2)9(4)12(5)10(13)6-8(3)11/h7-9H,6,11H2,1-5H3. The molecule has 78 valence electrons. The third-order valence-electron chi connectivity index (χ3n) is 2.47. The topological polar surface area (TPSA) is 46.3 Å². The lowest BCUT2D eigenvalue weighted by atomic mass is 10.0. The van der Waals surface area contributed by atoms with Gasteiger partial charge in [-0.15, -0.1) is 0 Å². The summed E-state index contributed by atoms with van der Waals surface area (Å²) < 4.78 is 0. The van der Waals surface area contributed by atoms with Crippen LogP contribution in [-0.2, 0) is 4.79 Å². The highest BCUT2D eigenvalue weighted by atomic mass is 16.2. The van der Waals surface area contributed by atoms with Crippen molar-refractivity contribution >= 4 is 5.91 Å². The first-order valence-corrected chi connectivity index (χ1v) is 4.87. The maximum absolute atomic E-state index is 11.5. The fraction of sp³-hybridized carbons (Fsp3) is 0.900. The van der Waals surface area contributed by atoms with Crippen molar-refractivity contribution in [2.45, 2.75) is 46.2 Å². The fourth-order valence-electron chi connectivity index (χ4n) is 1.09. The van der Waals surface area contributed by atoms with Crippen LogP contribution in [0.4, 0.5) is 0 Å². The second kappa shape index (κ2) is 5.22. The molecule has 0 spiro atoms. The Kier molecular flexibility index (Phi) is 4.99. The predicted octanol–water partition coefficient (Wildman–Crippen LogP) is 1.23. The Morgan fingerprint density at radius 3 is 2.08 bits per heavy atom. The van der Waals surface area contributed by atoms with Crippen molar-refractivity contribution in [3.8, 4) is 0 Å². The van der Waals surface area contributed by atoms with E-state index >= 15 is 0 Å². The van der Waals surface area contributed by atoms with Crippen molar-refractivity contribution in [2.24, 2.45) is 11.7 Å². The van der Waals surface area contributed by atoms with E-state index in [2.05, 4.69) is 20.8 Å². The van der Waals surface area contributed by atoms with Crippen LogP contribution in [0.5, 0.6) is 0 Å². The lowest BCUT2D eigenvalue weighted by molar-refractivity contribution is -0.132. The van der Waals surface area contributed by atoms with Crippen LogP contribution in [0.25, 0.3) is 0 Å². The summed E-state index contributed by atoms with van der Waals surface area (Å²) in [4.78, 5) is 13.3. The first-order valence-electron chi connectivity index (χ1n) is 4.87. The maximum Gasteiger partial charge on any atom is 0.224 e. The van der Waals surface area contributed by atoms with Crippen molar-refractivity contribution in [3.63, 3.8) is 0 Å². The zero-order valence-corrected chi connectivity index (χ0v) is 9.37. The van der Waals surface area contributed by atoms with E-state index in [4.69, 9.17) is 5.73 Å². The third kappa shape index (κ3) is 4.27. The van der Waals surface area contributed by atoms with E-state index in [0.717, 1.165) is 0 Å². The van der Waals surface area contributed by atoms with Gasteiger partial charge in [0.05, 0.1) is 0 Å². The molecule has 0 aromatic rings. The molecule has 1 amide bonds. The summed E-state index contributed by atoms with van der Waals surface area (Å²) in [6.45, 7) is 8.14. The SMILES string of the molecule is CC(N)CC(=O)N(C)C(C)C(C)C. The molecular weight excluding hydrogens is 164 g/mol. The molecule has 0 rings (SSSR count). The van der Waals surface area contributed by atoms with E-state index in [1.165, 1.54) is 0 Å². The molecule has 0 aliphatic carbocycles. The van der Waals surface area contributed by atoms with Gasteiger partial charge in [-0.2, -0.15) is 0 Å². The van der Waals surface area contributed by atoms with Crippen molar-refractivity contribution < 1.29 is 4.79 Å². The van der Waals surface area contributed by atoms with Crippen LogP contribution in [0, 0.1) is 5.92 Å². The minimum absolute atomic E-state index is 0.0469. The van der Waals surface area contributed by atoms with Crippen LogP contribution >= 0.6 is 0 Å². The van der Waals surface area contributed by atoms with Crippen LogP contribution in [0.2, 0.25) is 0 Å². The van der Waals surface area contributed by atoms with E-state index in [9.17, 15) is 4.79 Å². The number of nitrogens with zero attached hydrogens (tertiary/aromatic N) is 1. The number of carbonyl (C=O) groups is 1. The molecule has 0 aliphatic heterocycles. The van der Waals surface area contributed by atoms with Crippen LogP contribution in [0.3, 0.4) is 0 Å². The third-order valence-corrected chi connectivity index (χ3v) is 2.47. The smallest absolute Gasteiger partial charge is 0.224 e. The first kappa shape index (κ1) is 12.4. The maximum atomic E-state index is 11.5. The molecule has 3 heteroatoms. The second-order valence-corrected chi connectivity index (χ2v) is 4.17. The van der Waals surface area contributed by atoms with Gasteiger partial charge in [-0.05, 0) is 19.8 Å². The van der Waals surface area contributed by atoms with Crippen LogP contribution in [0.1, 0.15) is 34.1 Å². The summed E-state index contributed by atoms with van der Waals surface area (Å²) in [7, 11) is 1.84. The van der Waals surface area contributed by atoms with Crippen LogP contribution < -0.4 is 5.73 Å². The van der Waals surface area contributed by atoms with E-state index in [0.29, 0.717) is 12.3 Å². The monoisotopic (exact) mass is 186 g/mol. The fourth-order valence-corrected chi connectivity index (χ4v) is 1.09. The average Bonchev–Trinajstić information content (AvgIpc) is 2.00. The minimum atomic E-state index is -0.0469. The molecule has 0 bridgehead atoms. The number of amides is 1. The van der Waals surface area contributed by atoms with Crippen molar-refractivity contribution in [3.05, 3.63) is 0 Å². The van der Waals surface area contributed by atoms with Crippen molar-refractivity contribution in [1.82, 2.24) is 4.90 Å². The average molecular weight is 186 g/mol. The summed E-state index contributed by atoms with van der Waals surface area (Å²) in [5.74, 6) is 0.623. The van der Waals surface area contributed by atoms with Gasteiger partial charge in [-0.25, -0.2) is 0 Å². The first-order chi connectivity index (χ1) is 5.86. The Bertz CT molecular complexity index is 166. The van der Waals surface area contributed by atoms with E-state index in [1.807, 2.05) is 14.0 Å². The number of hydrogen-bond acceptors (Lipinski definition) is 2. The van der Waals surface area contributed by atoms with Gasteiger partial charge >= 0.3 is 0 Å². The Labute approximate surface area is 81.3 Å². The van der Waals surface area contributed by atoms with Gasteiger partial charge in [-0.3, -0.25) is 4.79 Å². The van der Waals surface area contributed by atoms with Gasteiger partial charge in [-0.1, -0.05) is 13.8 Å². The Morgan fingerprint density at radius 1 is 1.31 bits per heavy atom. The number of nitrogens with two attached hydrogens (primary N) is 1. The molecule has 2 atom stereocenters. The molecular formula is C10H22N2O. The van der Waals surface area contributed by atoms with E-state index in [1.54, 1.807) is 4.90 Å². The van der Waals surface area contributed by atoms with Crippen molar-refractivity contribution in [1.29, 1.82) is 0 Å². The summed E-state index contributed by atoms with van der Waals surface area (Å²) in [5, 5.41) is 0. The summed E-state index contributed by atoms with van der Waals surface area (Å²) in [6, 6.07) is 0.237. The van der Waals surface area contributed by atoms with Gasteiger partial charge in [0.25, 0.3) is 0 Å². The highest BCUT2D eigenvalue weighted by molar-refractivity contribution is 5.76. The minimum Gasteiger partial charge on any atom is -0.343 e. The molecule has 0 aromatic heterocycles. The normalized spacial score (nSPS) is 15.6. The van der Waals surface area contributed by atoms with Crippen LogP contribution in [0.15, 0.2) is 0 Å². The quantitative estimate of drug-likeness (QED) is 0.717. The largest absolute Gasteiger partial charge is 0.343 e. The van der Waals surface area contributed by atoms with Gasteiger partial charge in [0.2, 0.25) is 5.91 Å². The molecule has 2 unspecified atom stereocenters. The summed E-state index contributed by atoms with van der Waals surface area (Å²) >= 11 is 0. The molecule has 2 N–H and O–H groups in total. The molecule has 0 saturated carbocycles. The van der Waals surface area contributed by atoms with Gasteiger partial charge < -0.3 is 10.6 Å². The summed E-state index contributed by atoms with van der Waals surface area (Å²) in [6.07, 6.45) is 0.438. The molecule has 3 nitrogen and oxygen atoms in total. The number of hydrogen-bond donors (Lipinski definition) is 1. The molecule has 0 radical (unpaired) electrons.